The number of carbonyl (C=O) groups is 1. The highest BCUT2D eigenvalue weighted by atomic mass is 16.1. The second-order valence-electron chi connectivity index (χ2n) is 3.17. The number of nitrogens with two attached hydrogens (primary N) is 2. The lowest BCUT2D eigenvalue weighted by Gasteiger charge is -1.98. The summed E-state index contributed by atoms with van der Waals surface area (Å²) in [5.74, 6) is -0.352. The average Bonchev–Trinajstić information content (AvgIpc) is 2.46. The predicted octanol–water partition coefficient (Wildman–Crippen LogP) is 0.694. The summed E-state index contributed by atoms with van der Waals surface area (Å²) in [6.07, 6.45) is 2.43. The Morgan fingerprint density at radius 1 is 1.38 bits per heavy atom. The van der Waals surface area contributed by atoms with Gasteiger partial charge in [0.25, 0.3) is 0 Å². The van der Waals surface area contributed by atoms with E-state index in [4.69, 9.17) is 11.5 Å². The SMILES string of the molecule is NC(=O)C1=Cc2cc(N)ccc2C1. The zero-order chi connectivity index (χ0) is 9.42. The molecule has 0 radical (unpaired) electrons. The molecule has 0 aliphatic heterocycles. The van der Waals surface area contributed by atoms with Crippen LogP contribution in [0.15, 0.2) is 23.8 Å². The van der Waals surface area contributed by atoms with Crippen molar-refractivity contribution in [3.63, 3.8) is 0 Å². The second-order valence-corrected chi connectivity index (χ2v) is 3.17. The first kappa shape index (κ1) is 7.86. The number of primary amides is 1. The van der Waals surface area contributed by atoms with Crippen molar-refractivity contribution in [2.75, 3.05) is 5.73 Å². The summed E-state index contributed by atoms with van der Waals surface area (Å²) in [6.45, 7) is 0. The number of benzene rings is 1. The number of carbonyl (C=O) groups excluding carboxylic acids is 1. The van der Waals surface area contributed by atoms with Gasteiger partial charge in [0.05, 0.1) is 0 Å². The fourth-order valence-electron chi connectivity index (χ4n) is 1.51. The van der Waals surface area contributed by atoms with E-state index < -0.39 is 0 Å². The molecule has 1 aromatic rings. The molecule has 4 N–H and O–H groups in total. The third-order valence-electron chi connectivity index (χ3n) is 2.20. The first-order chi connectivity index (χ1) is 6.16. The molecule has 1 aromatic carbocycles. The summed E-state index contributed by atoms with van der Waals surface area (Å²) in [6, 6.07) is 5.61. The van der Waals surface area contributed by atoms with E-state index in [9.17, 15) is 4.79 Å². The Bertz CT molecular complexity index is 407. The van der Waals surface area contributed by atoms with Crippen LogP contribution >= 0.6 is 0 Å². The predicted molar refractivity (Wildman–Crippen MR) is 51.7 cm³/mol. The van der Waals surface area contributed by atoms with E-state index >= 15 is 0 Å². The van der Waals surface area contributed by atoms with Gasteiger partial charge in [-0.1, -0.05) is 6.07 Å². The number of nitrogen functional groups attached to an aromatic ring is 1. The quantitative estimate of drug-likeness (QED) is 0.615. The molecule has 0 atom stereocenters. The van der Waals surface area contributed by atoms with Crippen molar-refractivity contribution >= 4 is 17.7 Å². The Morgan fingerprint density at radius 2 is 2.15 bits per heavy atom. The molecule has 0 heterocycles. The molecular weight excluding hydrogens is 164 g/mol. The Kier molecular flexibility index (Phi) is 1.59. The molecule has 0 spiro atoms. The van der Waals surface area contributed by atoms with Crippen LogP contribution in [0.1, 0.15) is 11.1 Å². The Morgan fingerprint density at radius 3 is 2.85 bits per heavy atom. The minimum Gasteiger partial charge on any atom is -0.399 e. The van der Waals surface area contributed by atoms with Crippen molar-refractivity contribution in [1.82, 2.24) is 0 Å². The van der Waals surface area contributed by atoms with Crippen molar-refractivity contribution in [2.24, 2.45) is 5.73 Å². The van der Waals surface area contributed by atoms with E-state index in [1.807, 2.05) is 18.2 Å². The number of hydrogen-bond donors (Lipinski definition) is 2. The van der Waals surface area contributed by atoms with Crippen LogP contribution in [0.4, 0.5) is 5.69 Å². The van der Waals surface area contributed by atoms with Crippen LogP contribution in [-0.4, -0.2) is 5.91 Å². The van der Waals surface area contributed by atoms with Crippen LogP contribution in [0.25, 0.3) is 6.08 Å². The molecule has 13 heavy (non-hydrogen) atoms. The normalized spacial score (nSPS) is 13.7. The molecule has 0 unspecified atom stereocenters. The topological polar surface area (TPSA) is 69.1 Å². The van der Waals surface area contributed by atoms with Crippen molar-refractivity contribution in [3.8, 4) is 0 Å². The van der Waals surface area contributed by atoms with Crippen molar-refractivity contribution in [2.45, 2.75) is 6.42 Å². The largest absolute Gasteiger partial charge is 0.399 e. The Balaban J connectivity index is 2.43. The molecule has 0 bridgehead atoms. The van der Waals surface area contributed by atoms with E-state index in [0.29, 0.717) is 17.7 Å². The summed E-state index contributed by atoms with van der Waals surface area (Å²) in [7, 11) is 0. The highest BCUT2D eigenvalue weighted by molar-refractivity contribution is 5.99. The zero-order valence-electron chi connectivity index (χ0n) is 7.08. The number of hydrogen-bond acceptors (Lipinski definition) is 2. The van der Waals surface area contributed by atoms with Gasteiger partial charge in [-0.05, 0) is 29.3 Å². The third kappa shape index (κ3) is 1.28. The summed E-state index contributed by atoms with van der Waals surface area (Å²) < 4.78 is 0. The van der Waals surface area contributed by atoms with Gasteiger partial charge in [-0.3, -0.25) is 4.79 Å². The summed E-state index contributed by atoms with van der Waals surface area (Å²) in [5.41, 5.74) is 14.3. The molecule has 0 saturated carbocycles. The number of amides is 1. The first-order valence-corrected chi connectivity index (χ1v) is 4.05. The standard InChI is InChI=1S/C10H10N2O/c11-9-2-1-6-3-8(10(12)13)4-7(6)5-9/h1-2,4-5H,3,11H2,(H2,12,13). The molecule has 3 nitrogen and oxygen atoms in total. The molecular formula is C10H10N2O. The van der Waals surface area contributed by atoms with E-state index in [2.05, 4.69) is 0 Å². The van der Waals surface area contributed by atoms with Gasteiger partial charge in [0.15, 0.2) is 0 Å². The third-order valence-corrected chi connectivity index (χ3v) is 2.20. The molecule has 1 aliphatic rings. The van der Waals surface area contributed by atoms with Gasteiger partial charge in [-0.15, -0.1) is 0 Å². The van der Waals surface area contributed by atoms with Gasteiger partial charge in [0, 0.05) is 17.7 Å². The van der Waals surface area contributed by atoms with Crippen LogP contribution in [0, 0.1) is 0 Å². The molecule has 2 rings (SSSR count). The average molecular weight is 174 g/mol. The van der Waals surface area contributed by atoms with Crippen molar-refractivity contribution in [1.29, 1.82) is 0 Å². The molecule has 0 saturated heterocycles. The van der Waals surface area contributed by atoms with Gasteiger partial charge in [0.1, 0.15) is 0 Å². The lowest BCUT2D eigenvalue weighted by molar-refractivity contribution is -0.114. The summed E-state index contributed by atoms with van der Waals surface area (Å²) in [4.78, 5) is 10.9. The van der Waals surface area contributed by atoms with Gasteiger partial charge in [-0.25, -0.2) is 0 Å². The fourth-order valence-corrected chi connectivity index (χ4v) is 1.51. The summed E-state index contributed by atoms with van der Waals surface area (Å²) in [5, 5.41) is 0. The summed E-state index contributed by atoms with van der Waals surface area (Å²) >= 11 is 0. The first-order valence-electron chi connectivity index (χ1n) is 4.05. The highest BCUT2D eigenvalue weighted by Crippen LogP contribution is 2.26. The lowest BCUT2D eigenvalue weighted by Crippen LogP contribution is -2.13. The maximum absolute atomic E-state index is 10.9. The lowest BCUT2D eigenvalue weighted by atomic mass is 10.1. The van der Waals surface area contributed by atoms with Crippen molar-refractivity contribution < 1.29 is 4.79 Å². The second kappa shape index (κ2) is 2.62. The molecule has 1 amide bonds. The highest BCUT2D eigenvalue weighted by Gasteiger charge is 2.15. The van der Waals surface area contributed by atoms with Crippen LogP contribution < -0.4 is 11.5 Å². The minimum atomic E-state index is -0.352. The molecule has 3 heteroatoms. The minimum absolute atomic E-state index is 0.352. The Labute approximate surface area is 76.0 Å². The van der Waals surface area contributed by atoms with Gasteiger partial charge >= 0.3 is 0 Å². The maximum Gasteiger partial charge on any atom is 0.244 e. The van der Waals surface area contributed by atoms with Gasteiger partial charge in [-0.2, -0.15) is 0 Å². The van der Waals surface area contributed by atoms with Crippen LogP contribution in [0.3, 0.4) is 0 Å². The van der Waals surface area contributed by atoms with E-state index in [1.165, 1.54) is 0 Å². The smallest absolute Gasteiger partial charge is 0.244 e. The maximum atomic E-state index is 10.9. The van der Waals surface area contributed by atoms with Crippen LogP contribution in [0.2, 0.25) is 0 Å². The van der Waals surface area contributed by atoms with Crippen molar-refractivity contribution in [3.05, 3.63) is 34.9 Å². The molecule has 0 aromatic heterocycles. The Hall–Kier alpha value is -1.77. The zero-order valence-corrected chi connectivity index (χ0v) is 7.08. The monoisotopic (exact) mass is 174 g/mol. The number of fused-ring (bicyclic) bond motifs is 1. The van der Waals surface area contributed by atoms with Crippen LogP contribution in [-0.2, 0) is 11.2 Å². The van der Waals surface area contributed by atoms with Gasteiger partial charge in [0.2, 0.25) is 5.91 Å². The molecule has 0 fully saturated rings. The number of anilines is 1. The van der Waals surface area contributed by atoms with E-state index in [1.54, 1.807) is 6.08 Å². The van der Waals surface area contributed by atoms with Gasteiger partial charge < -0.3 is 11.5 Å². The fraction of sp³-hybridized carbons (Fsp3) is 0.100. The van der Waals surface area contributed by atoms with Crippen LogP contribution in [0.5, 0.6) is 0 Å². The van der Waals surface area contributed by atoms with E-state index in [0.717, 1.165) is 11.1 Å². The molecule has 1 aliphatic carbocycles. The van der Waals surface area contributed by atoms with E-state index in [-0.39, 0.29) is 5.91 Å². The molecule has 66 valence electrons. The number of rotatable bonds is 1.